The Balaban J connectivity index is 1.64. The Morgan fingerprint density at radius 1 is 1.09 bits per heavy atom. The lowest BCUT2D eigenvalue weighted by Crippen LogP contribution is -2.21. The Bertz CT molecular complexity index is 1060. The first-order valence-electron chi connectivity index (χ1n) is 11.2. The van der Waals surface area contributed by atoms with Gasteiger partial charge in [0, 0.05) is 6.04 Å². The SMILES string of the molecule is COc1ccc(C)cc1NC(=O)C(Sc1nnc(C)n1C1CCCCC1)c1ccccc1. The molecule has 1 fully saturated rings. The van der Waals surface area contributed by atoms with Crippen LogP contribution in [0.4, 0.5) is 5.69 Å². The Hall–Kier alpha value is -2.80. The number of hydrogen-bond acceptors (Lipinski definition) is 5. The zero-order chi connectivity index (χ0) is 22.5. The number of carbonyl (C=O) groups is 1. The lowest BCUT2D eigenvalue weighted by Gasteiger charge is -2.26. The van der Waals surface area contributed by atoms with E-state index in [0.29, 0.717) is 17.5 Å². The van der Waals surface area contributed by atoms with E-state index in [-0.39, 0.29) is 5.91 Å². The third-order valence-electron chi connectivity index (χ3n) is 5.95. The number of carbonyl (C=O) groups excluding carboxylic acids is 1. The summed E-state index contributed by atoms with van der Waals surface area (Å²) in [7, 11) is 1.61. The molecule has 0 radical (unpaired) electrons. The number of methoxy groups -OCH3 is 1. The van der Waals surface area contributed by atoms with E-state index in [1.54, 1.807) is 7.11 Å². The van der Waals surface area contributed by atoms with Crippen molar-refractivity contribution in [1.82, 2.24) is 14.8 Å². The molecule has 2 aromatic carbocycles. The van der Waals surface area contributed by atoms with E-state index < -0.39 is 5.25 Å². The van der Waals surface area contributed by atoms with Crippen molar-refractivity contribution in [3.63, 3.8) is 0 Å². The van der Waals surface area contributed by atoms with Gasteiger partial charge in [-0.15, -0.1) is 10.2 Å². The average molecular weight is 451 g/mol. The minimum atomic E-state index is -0.465. The molecule has 0 aliphatic heterocycles. The number of benzene rings is 2. The summed E-state index contributed by atoms with van der Waals surface area (Å²) in [6.45, 7) is 3.99. The topological polar surface area (TPSA) is 69.0 Å². The standard InChI is InChI=1S/C25H30N4O2S/c1-17-14-15-22(31-3)21(16-17)26-24(30)23(19-10-6-4-7-11-19)32-25-28-27-18(2)29(25)20-12-8-5-9-13-20/h4,6-7,10-11,14-16,20,23H,5,8-9,12-13H2,1-3H3,(H,26,30). The molecule has 4 rings (SSSR count). The predicted molar refractivity (Wildman–Crippen MR) is 128 cm³/mol. The number of amides is 1. The molecule has 168 valence electrons. The Morgan fingerprint density at radius 3 is 2.56 bits per heavy atom. The maximum Gasteiger partial charge on any atom is 0.242 e. The van der Waals surface area contributed by atoms with E-state index in [0.717, 1.165) is 34.9 Å². The maximum absolute atomic E-state index is 13.5. The van der Waals surface area contributed by atoms with Gasteiger partial charge < -0.3 is 14.6 Å². The van der Waals surface area contributed by atoms with Gasteiger partial charge in [-0.2, -0.15) is 0 Å². The lowest BCUT2D eigenvalue weighted by molar-refractivity contribution is -0.115. The van der Waals surface area contributed by atoms with Gasteiger partial charge in [0.1, 0.15) is 16.8 Å². The second-order valence-electron chi connectivity index (χ2n) is 8.29. The molecule has 6 nitrogen and oxygen atoms in total. The molecule has 3 aromatic rings. The summed E-state index contributed by atoms with van der Waals surface area (Å²) in [5, 5.41) is 12.2. The maximum atomic E-state index is 13.5. The molecule has 0 bridgehead atoms. The van der Waals surface area contributed by atoms with Gasteiger partial charge in [-0.1, -0.05) is 67.4 Å². The molecule has 1 aliphatic carbocycles. The normalized spacial score (nSPS) is 15.3. The fourth-order valence-electron chi connectivity index (χ4n) is 4.31. The van der Waals surface area contributed by atoms with E-state index in [2.05, 4.69) is 20.1 Å². The number of aryl methyl sites for hydroxylation is 2. The monoisotopic (exact) mass is 450 g/mol. The quantitative estimate of drug-likeness (QED) is 0.455. The molecule has 1 heterocycles. The molecule has 1 unspecified atom stereocenters. The summed E-state index contributed by atoms with van der Waals surface area (Å²) in [5.74, 6) is 1.44. The zero-order valence-electron chi connectivity index (χ0n) is 18.9. The third kappa shape index (κ3) is 4.99. The van der Waals surface area contributed by atoms with Gasteiger partial charge in [0.2, 0.25) is 5.91 Å². The molecule has 1 aliphatic rings. The van der Waals surface area contributed by atoms with Crippen LogP contribution in [0.2, 0.25) is 0 Å². The van der Waals surface area contributed by atoms with Gasteiger partial charge in [-0.3, -0.25) is 4.79 Å². The molecule has 1 N–H and O–H groups in total. The van der Waals surface area contributed by atoms with Crippen LogP contribution < -0.4 is 10.1 Å². The van der Waals surface area contributed by atoms with E-state index in [4.69, 9.17) is 4.74 Å². The fraction of sp³-hybridized carbons (Fsp3) is 0.400. The van der Waals surface area contributed by atoms with Gasteiger partial charge in [0.15, 0.2) is 5.16 Å². The second-order valence-corrected chi connectivity index (χ2v) is 9.37. The average Bonchev–Trinajstić information content (AvgIpc) is 3.18. The van der Waals surface area contributed by atoms with Crippen LogP contribution >= 0.6 is 11.8 Å². The number of nitrogens with one attached hydrogen (secondary N) is 1. The largest absolute Gasteiger partial charge is 0.495 e. The molecule has 32 heavy (non-hydrogen) atoms. The molecular weight excluding hydrogens is 420 g/mol. The fourth-order valence-corrected chi connectivity index (χ4v) is 5.47. The van der Waals surface area contributed by atoms with Crippen LogP contribution in [-0.4, -0.2) is 27.8 Å². The van der Waals surface area contributed by atoms with Crippen LogP contribution in [0, 0.1) is 13.8 Å². The lowest BCUT2D eigenvalue weighted by atomic mass is 9.95. The first kappa shape index (κ1) is 22.4. The van der Waals surface area contributed by atoms with Crippen LogP contribution in [-0.2, 0) is 4.79 Å². The second kappa shape index (κ2) is 10.2. The Labute approximate surface area is 193 Å². The highest BCUT2D eigenvalue weighted by Crippen LogP contribution is 2.39. The van der Waals surface area contributed by atoms with Crippen LogP contribution in [0.5, 0.6) is 5.75 Å². The van der Waals surface area contributed by atoms with E-state index in [9.17, 15) is 4.79 Å². The van der Waals surface area contributed by atoms with Crippen molar-refractivity contribution in [1.29, 1.82) is 0 Å². The minimum Gasteiger partial charge on any atom is -0.495 e. The number of anilines is 1. The van der Waals surface area contributed by atoms with E-state index in [1.807, 2.05) is 62.4 Å². The van der Waals surface area contributed by atoms with Gasteiger partial charge in [0.25, 0.3) is 0 Å². The van der Waals surface area contributed by atoms with Gasteiger partial charge in [-0.05, 0) is 49.9 Å². The highest BCUT2D eigenvalue weighted by atomic mass is 32.2. The van der Waals surface area contributed by atoms with E-state index in [1.165, 1.54) is 31.0 Å². The summed E-state index contributed by atoms with van der Waals surface area (Å²) < 4.78 is 7.70. The summed E-state index contributed by atoms with van der Waals surface area (Å²) in [6.07, 6.45) is 6.00. The summed E-state index contributed by atoms with van der Waals surface area (Å²) in [5.41, 5.74) is 2.65. The molecule has 1 aromatic heterocycles. The van der Waals surface area contributed by atoms with Crippen LogP contribution in [0.25, 0.3) is 0 Å². The van der Waals surface area contributed by atoms with Crippen molar-refractivity contribution in [2.75, 3.05) is 12.4 Å². The van der Waals surface area contributed by atoms with Crippen molar-refractivity contribution in [3.8, 4) is 5.75 Å². The number of ether oxygens (including phenoxy) is 1. The molecule has 0 saturated heterocycles. The van der Waals surface area contributed by atoms with Crippen LogP contribution in [0.15, 0.2) is 53.7 Å². The van der Waals surface area contributed by atoms with Crippen molar-refractivity contribution in [2.24, 2.45) is 0 Å². The minimum absolute atomic E-state index is 0.110. The van der Waals surface area contributed by atoms with Crippen molar-refractivity contribution in [2.45, 2.75) is 62.4 Å². The molecule has 1 saturated carbocycles. The van der Waals surface area contributed by atoms with Crippen molar-refractivity contribution in [3.05, 3.63) is 65.5 Å². The first-order chi connectivity index (χ1) is 15.6. The summed E-state index contributed by atoms with van der Waals surface area (Å²) in [4.78, 5) is 13.5. The Morgan fingerprint density at radius 2 is 1.84 bits per heavy atom. The highest BCUT2D eigenvalue weighted by molar-refractivity contribution is 8.00. The van der Waals surface area contributed by atoms with Crippen molar-refractivity contribution < 1.29 is 9.53 Å². The number of rotatable bonds is 7. The number of nitrogens with zero attached hydrogens (tertiary/aromatic N) is 3. The van der Waals surface area contributed by atoms with Crippen LogP contribution in [0.3, 0.4) is 0 Å². The third-order valence-corrected chi connectivity index (χ3v) is 7.16. The van der Waals surface area contributed by atoms with Crippen molar-refractivity contribution >= 4 is 23.4 Å². The number of hydrogen-bond donors (Lipinski definition) is 1. The molecular formula is C25H30N4O2S. The van der Waals surface area contributed by atoms with E-state index >= 15 is 0 Å². The van der Waals surface area contributed by atoms with Crippen LogP contribution in [0.1, 0.15) is 60.3 Å². The molecule has 1 amide bonds. The number of aromatic nitrogens is 3. The first-order valence-corrected chi connectivity index (χ1v) is 12.0. The zero-order valence-corrected chi connectivity index (χ0v) is 19.7. The molecule has 7 heteroatoms. The molecule has 1 atom stereocenters. The number of thioether (sulfide) groups is 1. The summed E-state index contributed by atoms with van der Waals surface area (Å²) >= 11 is 1.46. The summed E-state index contributed by atoms with van der Waals surface area (Å²) in [6, 6.07) is 16.0. The van der Waals surface area contributed by atoms with Gasteiger partial charge in [0.05, 0.1) is 12.8 Å². The predicted octanol–water partition coefficient (Wildman–Crippen LogP) is 5.88. The van der Waals surface area contributed by atoms with Gasteiger partial charge in [-0.25, -0.2) is 0 Å². The Kier molecular flexibility index (Phi) is 7.15. The van der Waals surface area contributed by atoms with Gasteiger partial charge >= 0.3 is 0 Å². The smallest absolute Gasteiger partial charge is 0.242 e. The highest BCUT2D eigenvalue weighted by Gasteiger charge is 2.28. The molecule has 0 spiro atoms.